The highest BCUT2D eigenvalue weighted by Crippen LogP contribution is 2.37. The highest BCUT2D eigenvalue weighted by molar-refractivity contribution is 5.93. The maximum Gasteiger partial charge on any atom is 0.335 e. The first-order chi connectivity index (χ1) is 9.97. The number of aromatic carboxylic acids is 1. The van der Waals surface area contributed by atoms with Crippen LogP contribution in [0.15, 0.2) is 18.3 Å². The Bertz CT molecular complexity index is 573. The fraction of sp³-hybridized carbons (Fsp3) is 0.429. The van der Waals surface area contributed by atoms with Gasteiger partial charge < -0.3 is 15.7 Å². The molecule has 2 rings (SSSR count). The van der Waals surface area contributed by atoms with E-state index in [-0.39, 0.29) is 42.1 Å². The molecule has 1 aromatic rings. The molecule has 0 radical (unpaired) electrons. The van der Waals surface area contributed by atoms with E-state index in [4.69, 9.17) is 5.11 Å². The molecule has 0 bridgehead atoms. The van der Waals surface area contributed by atoms with E-state index in [2.05, 4.69) is 15.6 Å². The lowest BCUT2D eigenvalue weighted by atomic mass is 10.2. The molecule has 1 aromatic heterocycles. The maximum atomic E-state index is 11.7. The van der Waals surface area contributed by atoms with E-state index >= 15 is 0 Å². The molecule has 3 N–H and O–H groups in total. The Hall–Kier alpha value is -2.44. The average Bonchev–Trinajstić information content (AvgIpc) is 3.16. The van der Waals surface area contributed by atoms with E-state index in [0.29, 0.717) is 5.92 Å². The predicted octanol–water partition coefficient (Wildman–Crippen LogP) is 0.881. The van der Waals surface area contributed by atoms with Gasteiger partial charge in [-0.3, -0.25) is 9.59 Å². The number of carboxylic acids is 1. The summed E-state index contributed by atoms with van der Waals surface area (Å²) in [6.45, 7) is 2.27. The molecule has 1 heterocycles. The van der Waals surface area contributed by atoms with Crippen LogP contribution in [0.25, 0.3) is 0 Å². The minimum Gasteiger partial charge on any atom is -0.478 e. The third-order valence-electron chi connectivity index (χ3n) is 3.37. The van der Waals surface area contributed by atoms with Gasteiger partial charge in [0.05, 0.1) is 5.56 Å². The van der Waals surface area contributed by atoms with Crippen LogP contribution in [-0.2, 0) is 9.59 Å². The number of rotatable bonds is 6. The van der Waals surface area contributed by atoms with Crippen molar-refractivity contribution in [2.45, 2.75) is 19.8 Å². The minimum atomic E-state index is -1.08. The van der Waals surface area contributed by atoms with Crippen LogP contribution in [0.1, 0.15) is 30.1 Å². The molecule has 0 aromatic carbocycles. The number of nitrogens with zero attached hydrogens (tertiary/aromatic N) is 1. The van der Waals surface area contributed by atoms with Crippen molar-refractivity contribution in [1.29, 1.82) is 0 Å². The third kappa shape index (κ3) is 4.27. The lowest BCUT2D eigenvalue weighted by Crippen LogP contribution is -2.29. The minimum absolute atomic E-state index is 0.0127. The molecule has 2 atom stereocenters. The van der Waals surface area contributed by atoms with Gasteiger partial charge in [0, 0.05) is 25.1 Å². The summed E-state index contributed by atoms with van der Waals surface area (Å²) >= 11 is 0. The molecule has 112 valence electrons. The molecule has 1 fully saturated rings. The van der Waals surface area contributed by atoms with Crippen molar-refractivity contribution < 1.29 is 19.5 Å². The van der Waals surface area contributed by atoms with Gasteiger partial charge in [0.25, 0.3) is 0 Å². The van der Waals surface area contributed by atoms with Gasteiger partial charge in [-0.1, -0.05) is 6.92 Å². The lowest BCUT2D eigenvalue weighted by Gasteiger charge is -2.06. The van der Waals surface area contributed by atoms with Crippen LogP contribution in [-0.4, -0.2) is 34.4 Å². The summed E-state index contributed by atoms with van der Waals surface area (Å²) in [4.78, 5) is 37.9. The number of amides is 2. The fourth-order valence-corrected chi connectivity index (χ4v) is 1.96. The molecule has 2 amide bonds. The van der Waals surface area contributed by atoms with Crippen LogP contribution in [0.4, 0.5) is 5.82 Å². The molecule has 0 aliphatic heterocycles. The maximum absolute atomic E-state index is 11.7. The number of hydrogen-bond donors (Lipinski definition) is 3. The van der Waals surface area contributed by atoms with E-state index in [0.717, 1.165) is 6.42 Å². The number of carbonyl (C=O) groups is 3. The van der Waals surface area contributed by atoms with E-state index in [1.54, 1.807) is 0 Å². The molecular formula is C14H17N3O4. The number of anilines is 1. The van der Waals surface area contributed by atoms with Crippen LogP contribution < -0.4 is 10.6 Å². The predicted molar refractivity (Wildman–Crippen MR) is 74.7 cm³/mol. The van der Waals surface area contributed by atoms with Gasteiger partial charge in [-0.05, 0) is 24.5 Å². The highest BCUT2D eigenvalue weighted by Gasteiger charge is 2.38. The van der Waals surface area contributed by atoms with Crippen LogP contribution in [0, 0.1) is 11.8 Å². The zero-order chi connectivity index (χ0) is 15.4. The zero-order valence-corrected chi connectivity index (χ0v) is 11.6. The molecule has 1 saturated carbocycles. The van der Waals surface area contributed by atoms with Crippen molar-refractivity contribution in [2.75, 3.05) is 11.9 Å². The first-order valence-electron chi connectivity index (χ1n) is 6.74. The fourth-order valence-electron chi connectivity index (χ4n) is 1.96. The van der Waals surface area contributed by atoms with Crippen molar-refractivity contribution in [3.05, 3.63) is 23.9 Å². The summed E-state index contributed by atoms with van der Waals surface area (Å²) in [6.07, 6.45) is 2.34. The van der Waals surface area contributed by atoms with E-state index < -0.39 is 5.97 Å². The van der Waals surface area contributed by atoms with Crippen LogP contribution in [0.5, 0.6) is 0 Å². The summed E-state index contributed by atoms with van der Waals surface area (Å²) in [7, 11) is 0. The van der Waals surface area contributed by atoms with Gasteiger partial charge in [-0.25, -0.2) is 9.78 Å². The Balaban J connectivity index is 1.75. The second-order valence-electron chi connectivity index (χ2n) is 5.14. The average molecular weight is 291 g/mol. The molecule has 2 unspecified atom stereocenters. The Morgan fingerprint density at radius 3 is 2.76 bits per heavy atom. The van der Waals surface area contributed by atoms with Crippen LogP contribution in [0.3, 0.4) is 0 Å². The van der Waals surface area contributed by atoms with Gasteiger partial charge in [-0.2, -0.15) is 0 Å². The van der Waals surface area contributed by atoms with Crippen LogP contribution in [0.2, 0.25) is 0 Å². The standard InChI is InChI=1S/C14H17N3O4/c1-8-6-10(8)13(19)16-5-3-12(18)17-11-7-9(14(20)21)2-4-15-11/h2,4,7-8,10H,3,5-6H2,1H3,(H,16,19)(H,20,21)(H,15,17,18). The molecule has 7 nitrogen and oxygen atoms in total. The van der Waals surface area contributed by atoms with Gasteiger partial charge in [0.1, 0.15) is 5.82 Å². The second kappa shape index (κ2) is 6.34. The van der Waals surface area contributed by atoms with E-state index in [9.17, 15) is 14.4 Å². The smallest absolute Gasteiger partial charge is 0.335 e. The number of hydrogen-bond acceptors (Lipinski definition) is 4. The quantitative estimate of drug-likeness (QED) is 0.721. The Labute approximate surface area is 121 Å². The van der Waals surface area contributed by atoms with Crippen molar-refractivity contribution in [1.82, 2.24) is 10.3 Å². The summed E-state index contributed by atoms with van der Waals surface area (Å²) in [5.41, 5.74) is 0.0522. The number of pyridine rings is 1. The zero-order valence-electron chi connectivity index (χ0n) is 11.6. The Kier molecular flexibility index (Phi) is 4.52. The van der Waals surface area contributed by atoms with Crippen molar-refractivity contribution in [3.63, 3.8) is 0 Å². The molecular weight excluding hydrogens is 274 g/mol. The van der Waals surface area contributed by atoms with Gasteiger partial charge in [0.15, 0.2) is 0 Å². The molecule has 7 heteroatoms. The van der Waals surface area contributed by atoms with Crippen molar-refractivity contribution in [2.24, 2.45) is 11.8 Å². The van der Waals surface area contributed by atoms with E-state index in [1.807, 2.05) is 6.92 Å². The number of carboxylic acid groups (broad SMARTS) is 1. The molecule has 0 spiro atoms. The van der Waals surface area contributed by atoms with Crippen molar-refractivity contribution >= 4 is 23.6 Å². The van der Waals surface area contributed by atoms with Crippen molar-refractivity contribution in [3.8, 4) is 0 Å². The summed E-state index contributed by atoms with van der Waals surface area (Å²) in [6, 6.07) is 2.62. The van der Waals surface area contributed by atoms with Gasteiger partial charge in [-0.15, -0.1) is 0 Å². The summed E-state index contributed by atoms with van der Waals surface area (Å²) in [5, 5.41) is 14.0. The summed E-state index contributed by atoms with van der Waals surface area (Å²) < 4.78 is 0. The first kappa shape index (κ1) is 15.0. The first-order valence-corrected chi connectivity index (χ1v) is 6.74. The highest BCUT2D eigenvalue weighted by atomic mass is 16.4. The molecule has 21 heavy (non-hydrogen) atoms. The SMILES string of the molecule is CC1CC1C(=O)NCCC(=O)Nc1cc(C(=O)O)ccn1. The monoisotopic (exact) mass is 291 g/mol. The Morgan fingerprint density at radius 2 is 2.14 bits per heavy atom. The lowest BCUT2D eigenvalue weighted by molar-refractivity contribution is -0.122. The van der Waals surface area contributed by atoms with Crippen LogP contribution >= 0.6 is 0 Å². The largest absolute Gasteiger partial charge is 0.478 e. The molecule has 0 saturated heterocycles. The number of carbonyl (C=O) groups excluding carboxylic acids is 2. The van der Waals surface area contributed by atoms with Gasteiger partial charge >= 0.3 is 5.97 Å². The molecule has 1 aliphatic carbocycles. The second-order valence-corrected chi connectivity index (χ2v) is 5.14. The van der Waals surface area contributed by atoms with E-state index in [1.165, 1.54) is 18.3 Å². The van der Waals surface area contributed by atoms with Gasteiger partial charge in [0.2, 0.25) is 11.8 Å². The number of nitrogens with one attached hydrogen (secondary N) is 2. The third-order valence-corrected chi connectivity index (χ3v) is 3.37. The Morgan fingerprint density at radius 1 is 1.43 bits per heavy atom. The molecule has 1 aliphatic rings. The number of aromatic nitrogens is 1. The normalized spacial score (nSPS) is 19.7. The summed E-state index contributed by atoms with van der Waals surface area (Å²) in [5.74, 6) is -0.722. The topological polar surface area (TPSA) is 108 Å².